The Kier molecular flexibility index (Phi) is 8.46. The molecule has 0 radical (unpaired) electrons. The zero-order valence-corrected chi connectivity index (χ0v) is 9.69. The van der Waals surface area contributed by atoms with Crippen LogP contribution in [-0.2, 0) is 19.1 Å². The molecular weight excluding hydrogens is 214 g/mol. The monoisotopic (exact) mass is 233 g/mol. The van der Waals surface area contributed by atoms with Crippen molar-refractivity contribution < 1.29 is 24.2 Å². The second kappa shape index (κ2) is 9.11. The van der Waals surface area contributed by atoms with E-state index in [2.05, 4.69) is 10.1 Å². The standard InChI is InChI=1S/C10H19NO5/c1-3-4-5-16-7-9(12)11-8(6-15-2)10(13)14/h8H,3-7H2,1-2H3,(H,11,12)(H,13,14). The van der Waals surface area contributed by atoms with Crippen molar-refractivity contribution in [1.29, 1.82) is 0 Å². The average molecular weight is 233 g/mol. The second-order valence-electron chi connectivity index (χ2n) is 3.32. The molecule has 0 bridgehead atoms. The molecular formula is C10H19NO5. The zero-order valence-electron chi connectivity index (χ0n) is 9.69. The third-order valence-electron chi connectivity index (χ3n) is 1.84. The average Bonchev–Trinajstić information content (AvgIpc) is 2.23. The van der Waals surface area contributed by atoms with Crippen LogP contribution in [0.15, 0.2) is 0 Å². The van der Waals surface area contributed by atoms with Crippen molar-refractivity contribution in [2.24, 2.45) is 0 Å². The largest absolute Gasteiger partial charge is 0.480 e. The lowest BCUT2D eigenvalue weighted by Crippen LogP contribution is -2.45. The van der Waals surface area contributed by atoms with Crippen LogP contribution in [0.25, 0.3) is 0 Å². The Morgan fingerprint density at radius 1 is 1.44 bits per heavy atom. The Morgan fingerprint density at radius 3 is 2.62 bits per heavy atom. The van der Waals surface area contributed by atoms with E-state index in [9.17, 15) is 9.59 Å². The molecule has 0 aliphatic carbocycles. The summed E-state index contributed by atoms with van der Waals surface area (Å²) in [6.45, 7) is 2.35. The Bertz CT molecular complexity index is 219. The fourth-order valence-corrected chi connectivity index (χ4v) is 0.989. The molecule has 0 saturated heterocycles. The molecule has 2 N–H and O–H groups in total. The molecule has 0 aliphatic heterocycles. The Morgan fingerprint density at radius 2 is 2.12 bits per heavy atom. The first-order chi connectivity index (χ1) is 7.61. The van der Waals surface area contributed by atoms with Crippen LogP contribution >= 0.6 is 0 Å². The highest BCUT2D eigenvalue weighted by Crippen LogP contribution is 1.89. The Balaban J connectivity index is 3.77. The number of rotatable bonds is 9. The summed E-state index contributed by atoms with van der Waals surface area (Å²) in [7, 11) is 1.37. The van der Waals surface area contributed by atoms with Gasteiger partial charge in [0.15, 0.2) is 6.04 Å². The predicted molar refractivity (Wildman–Crippen MR) is 57.2 cm³/mol. The number of ether oxygens (including phenoxy) is 2. The van der Waals surface area contributed by atoms with Gasteiger partial charge < -0.3 is 19.9 Å². The first-order valence-electron chi connectivity index (χ1n) is 5.20. The summed E-state index contributed by atoms with van der Waals surface area (Å²) >= 11 is 0. The topological polar surface area (TPSA) is 84.9 Å². The summed E-state index contributed by atoms with van der Waals surface area (Å²) in [5.41, 5.74) is 0. The third kappa shape index (κ3) is 7.19. The van der Waals surface area contributed by atoms with Gasteiger partial charge in [-0.05, 0) is 6.42 Å². The molecule has 0 aromatic heterocycles. The molecule has 1 atom stereocenters. The van der Waals surface area contributed by atoms with Gasteiger partial charge in [0.05, 0.1) is 6.61 Å². The number of aliphatic carboxylic acids is 1. The van der Waals surface area contributed by atoms with E-state index in [0.29, 0.717) is 6.61 Å². The summed E-state index contributed by atoms with van der Waals surface area (Å²) < 4.78 is 9.72. The highest BCUT2D eigenvalue weighted by molar-refractivity contribution is 5.84. The van der Waals surface area contributed by atoms with Gasteiger partial charge in [0.25, 0.3) is 0 Å². The third-order valence-corrected chi connectivity index (χ3v) is 1.84. The van der Waals surface area contributed by atoms with E-state index in [1.807, 2.05) is 6.92 Å². The van der Waals surface area contributed by atoms with Crippen molar-refractivity contribution in [2.75, 3.05) is 26.9 Å². The van der Waals surface area contributed by atoms with Gasteiger partial charge in [0, 0.05) is 13.7 Å². The number of methoxy groups -OCH3 is 1. The van der Waals surface area contributed by atoms with Crippen molar-refractivity contribution in [3.8, 4) is 0 Å². The lowest BCUT2D eigenvalue weighted by Gasteiger charge is -2.13. The molecule has 0 saturated carbocycles. The van der Waals surface area contributed by atoms with Crippen molar-refractivity contribution in [3.63, 3.8) is 0 Å². The molecule has 0 fully saturated rings. The van der Waals surface area contributed by atoms with Gasteiger partial charge in [-0.15, -0.1) is 0 Å². The summed E-state index contributed by atoms with van der Waals surface area (Å²) in [6, 6.07) is -1.02. The van der Waals surface area contributed by atoms with Gasteiger partial charge in [-0.25, -0.2) is 4.79 Å². The molecule has 6 nitrogen and oxygen atoms in total. The van der Waals surface area contributed by atoms with E-state index in [-0.39, 0.29) is 13.2 Å². The number of unbranched alkanes of at least 4 members (excludes halogenated alkanes) is 1. The van der Waals surface area contributed by atoms with Crippen molar-refractivity contribution in [2.45, 2.75) is 25.8 Å². The van der Waals surface area contributed by atoms with Gasteiger partial charge in [-0.1, -0.05) is 13.3 Å². The predicted octanol–water partition coefficient (Wildman–Crippen LogP) is 0.0189. The minimum Gasteiger partial charge on any atom is -0.480 e. The first kappa shape index (κ1) is 14.9. The molecule has 6 heteroatoms. The minimum absolute atomic E-state index is 0.0595. The van der Waals surface area contributed by atoms with Crippen LogP contribution in [0, 0.1) is 0 Å². The molecule has 94 valence electrons. The fourth-order valence-electron chi connectivity index (χ4n) is 0.989. The molecule has 1 amide bonds. The first-order valence-corrected chi connectivity index (χ1v) is 5.20. The molecule has 0 heterocycles. The number of carboxylic acid groups (broad SMARTS) is 1. The van der Waals surface area contributed by atoms with E-state index < -0.39 is 17.9 Å². The van der Waals surface area contributed by atoms with E-state index in [1.165, 1.54) is 7.11 Å². The van der Waals surface area contributed by atoms with E-state index in [4.69, 9.17) is 9.84 Å². The molecule has 0 aromatic rings. The minimum atomic E-state index is -1.12. The van der Waals surface area contributed by atoms with E-state index in [0.717, 1.165) is 12.8 Å². The molecule has 0 aromatic carbocycles. The number of carboxylic acids is 1. The van der Waals surface area contributed by atoms with Crippen LogP contribution in [0.1, 0.15) is 19.8 Å². The normalized spacial score (nSPS) is 12.1. The molecule has 1 unspecified atom stereocenters. The summed E-state index contributed by atoms with van der Waals surface area (Å²) in [4.78, 5) is 21.9. The second-order valence-corrected chi connectivity index (χ2v) is 3.32. The van der Waals surface area contributed by atoms with Gasteiger partial charge in [-0.3, -0.25) is 4.79 Å². The molecule has 16 heavy (non-hydrogen) atoms. The summed E-state index contributed by atoms with van der Waals surface area (Å²) in [5.74, 6) is -1.57. The van der Waals surface area contributed by atoms with Crippen LogP contribution in [0.5, 0.6) is 0 Å². The maximum absolute atomic E-state index is 11.2. The number of hydrogen-bond acceptors (Lipinski definition) is 4. The van der Waals surface area contributed by atoms with Crippen LogP contribution in [0.4, 0.5) is 0 Å². The SMILES string of the molecule is CCCCOCC(=O)NC(COC)C(=O)O. The number of hydrogen-bond donors (Lipinski definition) is 2. The number of carbonyl (C=O) groups excluding carboxylic acids is 1. The van der Waals surface area contributed by atoms with Crippen LogP contribution < -0.4 is 5.32 Å². The maximum atomic E-state index is 11.2. The van der Waals surface area contributed by atoms with E-state index >= 15 is 0 Å². The Hall–Kier alpha value is -1.14. The lowest BCUT2D eigenvalue weighted by atomic mass is 10.3. The smallest absolute Gasteiger partial charge is 0.328 e. The highest BCUT2D eigenvalue weighted by atomic mass is 16.5. The summed E-state index contributed by atoms with van der Waals surface area (Å²) in [6.07, 6.45) is 1.87. The van der Waals surface area contributed by atoms with Crippen molar-refractivity contribution >= 4 is 11.9 Å². The van der Waals surface area contributed by atoms with Crippen molar-refractivity contribution in [3.05, 3.63) is 0 Å². The Labute approximate surface area is 94.9 Å². The number of carbonyl (C=O) groups is 2. The lowest BCUT2D eigenvalue weighted by molar-refractivity contribution is -0.144. The molecule has 0 aliphatic rings. The summed E-state index contributed by atoms with van der Waals surface area (Å²) in [5, 5.41) is 11.0. The van der Waals surface area contributed by atoms with Crippen LogP contribution in [-0.4, -0.2) is 50.0 Å². The fraction of sp³-hybridized carbons (Fsp3) is 0.800. The highest BCUT2D eigenvalue weighted by Gasteiger charge is 2.19. The molecule has 0 rings (SSSR count). The van der Waals surface area contributed by atoms with Crippen LogP contribution in [0.2, 0.25) is 0 Å². The number of amides is 1. The van der Waals surface area contributed by atoms with Gasteiger partial charge in [-0.2, -0.15) is 0 Å². The maximum Gasteiger partial charge on any atom is 0.328 e. The van der Waals surface area contributed by atoms with Gasteiger partial charge in [0.1, 0.15) is 6.61 Å². The number of nitrogens with one attached hydrogen (secondary N) is 1. The van der Waals surface area contributed by atoms with Crippen molar-refractivity contribution in [1.82, 2.24) is 5.32 Å². The zero-order chi connectivity index (χ0) is 12.4. The van der Waals surface area contributed by atoms with E-state index in [1.54, 1.807) is 0 Å². The quantitative estimate of drug-likeness (QED) is 0.548. The van der Waals surface area contributed by atoms with Gasteiger partial charge in [0.2, 0.25) is 5.91 Å². The van der Waals surface area contributed by atoms with Crippen LogP contribution in [0.3, 0.4) is 0 Å². The molecule has 0 spiro atoms. The van der Waals surface area contributed by atoms with Gasteiger partial charge >= 0.3 is 5.97 Å².